The molecule has 6 nitrogen and oxygen atoms in total. The fourth-order valence-corrected chi connectivity index (χ4v) is 2.94. The molecule has 0 bridgehead atoms. The monoisotopic (exact) mass is 300 g/mol. The van der Waals surface area contributed by atoms with Crippen LogP contribution in [0.5, 0.6) is 5.75 Å². The number of H-pyrrole nitrogens is 1. The summed E-state index contributed by atoms with van der Waals surface area (Å²) in [6, 6.07) is 4.78. The third kappa shape index (κ3) is 2.26. The maximum atomic E-state index is 12.0. The average Bonchev–Trinajstić information content (AvgIpc) is 2.47. The van der Waals surface area contributed by atoms with Gasteiger partial charge in [-0.05, 0) is 24.0 Å². The third-order valence-electron chi connectivity index (χ3n) is 4.03. The minimum atomic E-state index is -0.489. The van der Waals surface area contributed by atoms with E-state index in [9.17, 15) is 14.4 Å². The molecular weight excluding hydrogens is 284 g/mol. The molecule has 1 aliphatic heterocycles. The first-order valence-corrected chi connectivity index (χ1v) is 7.10. The summed E-state index contributed by atoms with van der Waals surface area (Å²) in [6.07, 6.45) is 2.45. The lowest BCUT2D eigenvalue weighted by Crippen LogP contribution is -2.27. The quantitative estimate of drug-likeness (QED) is 0.871. The van der Waals surface area contributed by atoms with Crippen molar-refractivity contribution in [3.63, 3.8) is 0 Å². The van der Waals surface area contributed by atoms with Gasteiger partial charge in [-0.2, -0.15) is 0 Å². The van der Waals surface area contributed by atoms with E-state index in [0.29, 0.717) is 23.7 Å². The Morgan fingerprint density at radius 3 is 2.82 bits per heavy atom. The molecule has 0 spiro atoms. The number of carbonyl (C=O) groups is 1. The molecule has 1 aliphatic rings. The van der Waals surface area contributed by atoms with Crippen LogP contribution in [-0.2, 0) is 11.2 Å². The van der Waals surface area contributed by atoms with Gasteiger partial charge in [-0.25, -0.2) is 0 Å². The minimum absolute atomic E-state index is 0.0250. The number of nitrogens with one attached hydrogen (secondary N) is 1. The van der Waals surface area contributed by atoms with Crippen LogP contribution in [0.2, 0.25) is 0 Å². The molecule has 0 saturated heterocycles. The van der Waals surface area contributed by atoms with Gasteiger partial charge in [-0.1, -0.05) is 13.8 Å². The second-order valence-electron chi connectivity index (χ2n) is 5.75. The summed E-state index contributed by atoms with van der Waals surface area (Å²) in [5.41, 5.74) is 1.55. The molecule has 1 atom stereocenters. The Labute approximate surface area is 126 Å². The second kappa shape index (κ2) is 5.29. The fourth-order valence-electron chi connectivity index (χ4n) is 2.94. The van der Waals surface area contributed by atoms with Gasteiger partial charge in [0.15, 0.2) is 11.2 Å². The highest BCUT2D eigenvalue weighted by Crippen LogP contribution is 2.36. The number of hydrogen-bond acceptors (Lipinski definition) is 4. The van der Waals surface area contributed by atoms with Crippen molar-refractivity contribution < 1.29 is 9.53 Å². The molecule has 1 N–H and O–H groups in total. The van der Waals surface area contributed by atoms with Crippen molar-refractivity contribution in [3.05, 3.63) is 50.5 Å². The topological polar surface area (TPSA) is 81.2 Å². The highest BCUT2D eigenvalue weighted by molar-refractivity contribution is 5.63. The van der Waals surface area contributed by atoms with Crippen LogP contribution in [0.25, 0.3) is 11.4 Å². The van der Waals surface area contributed by atoms with E-state index in [2.05, 4.69) is 18.8 Å². The molecule has 0 aliphatic carbocycles. The fraction of sp³-hybridized carbons (Fsp3) is 0.312. The first kappa shape index (κ1) is 14.3. The van der Waals surface area contributed by atoms with E-state index in [4.69, 9.17) is 4.74 Å². The smallest absolute Gasteiger partial charge is 0.298 e. The van der Waals surface area contributed by atoms with Gasteiger partial charge in [0.25, 0.3) is 12.0 Å². The van der Waals surface area contributed by atoms with E-state index >= 15 is 0 Å². The molecule has 22 heavy (non-hydrogen) atoms. The maximum Gasteiger partial charge on any atom is 0.298 e. The van der Waals surface area contributed by atoms with Crippen LogP contribution in [0.1, 0.15) is 25.5 Å². The van der Waals surface area contributed by atoms with Crippen LogP contribution in [0.4, 0.5) is 0 Å². The lowest BCUT2D eigenvalue weighted by molar-refractivity contribution is -0.120. The molecule has 114 valence electrons. The molecular formula is C16H16N2O4. The summed E-state index contributed by atoms with van der Waals surface area (Å²) >= 11 is 0. The van der Waals surface area contributed by atoms with Crippen molar-refractivity contribution in [3.8, 4) is 17.1 Å². The number of pyridine rings is 2. The second-order valence-corrected chi connectivity index (χ2v) is 5.75. The van der Waals surface area contributed by atoms with Crippen molar-refractivity contribution in [1.29, 1.82) is 0 Å². The van der Waals surface area contributed by atoms with Crippen molar-refractivity contribution in [2.24, 2.45) is 5.92 Å². The largest absolute Gasteiger partial charge is 0.423 e. The number of aromatic amines is 1. The molecule has 0 fully saturated rings. The van der Waals surface area contributed by atoms with Crippen LogP contribution in [0.15, 0.2) is 34.0 Å². The normalized spacial score (nSPS) is 16.0. The molecule has 0 aromatic carbocycles. The molecule has 2 aromatic rings. The Hall–Kier alpha value is -2.63. The molecule has 1 unspecified atom stereocenters. The summed E-state index contributed by atoms with van der Waals surface area (Å²) in [5, 5.41) is 0. The van der Waals surface area contributed by atoms with Crippen molar-refractivity contribution in [2.45, 2.75) is 26.3 Å². The number of carbonyl (C=O) groups excluding carboxylic acids is 1. The lowest BCUT2D eigenvalue weighted by atomic mass is 9.90. The number of aromatic nitrogens is 2. The van der Waals surface area contributed by atoms with Crippen LogP contribution in [-0.4, -0.2) is 16.0 Å². The van der Waals surface area contributed by atoms with Crippen molar-refractivity contribution >= 4 is 6.47 Å². The zero-order valence-corrected chi connectivity index (χ0v) is 12.3. The van der Waals surface area contributed by atoms with Gasteiger partial charge in [0.2, 0.25) is 0 Å². The summed E-state index contributed by atoms with van der Waals surface area (Å²) < 4.78 is 6.74. The Morgan fingerprint density at radius 2 is 2.14 bits per heavy atom. The van der Waals surface area contributed by atoms with Gasteiger partial charge in [-0.15, -0.1) is 0 Å². The predicted octanol–water partition coefficient (Wildman–Crippen LogP) is 1.49. The van der Waals surface area contributed by atoms with Gasteiger partial charge >= 0.3 is 0 Å². The number of fused-ring (bicyclic) bond motifs is 3. The number of rotatable bonds is 3. The number of hydrogen-bond donors (Lipinski definition) is 1. The van der Waals surface area contributed by atoms with Gasteiger partial charge < -0.3 is 14.3 Å². The highest BCUT2D eigenvalue weighted by atomic mass is 16.5. The van der Waals surface area contributed by atoms with Crippen LogP contribution in [0.3, 0.4) is 0 Å². The van der Waals surface area contributed by atoms with E-state index in [1.165, 1.54) is 12.1 Å². The van der Waals surface area contributed by atoms with E-state index < -0.39 is 5.56 Å². The molecule has 2 aromatic heterocycles. The molecule has 3 heterocycles. The van der Waals surface area contributed by atoms with E-state index in [1.807, 2.05) is 4.57 Å². The number of nitrogens with zero attached hydrogens (tertiary/aromatic N) is 1. The van der Waals surface area contributed by atoms with Crippen LogP contribution < -0.4 is 15.7 Å². The van der Waals surface area contributed by atoms with E-state index in [0.717, 1.165) is 5.56 Å². The highest BCUT2D eigenvalue weighted by Gasteiger charge is 2.27. The summed E-state index contributed by atoms with van der Waals surface area (Å²) in [6.45, 7) is 4.44. The maximum absolute atomic E-state index is 12.0. The zero-order valence-electron chi connectivity index (χ0n) is 12.3. The van der Waals surface area contributed by atoms with Crippen molar-refractivity contribution in [2.75, 3.05) is 0 Å². The first-order chi connectivity index (χ1) is 10.5. The average molecular weight is 300 g/mol. The molecule has 0 amide bonds. The molecule has 6 heteroatoms. The van der Waals surface area contributed by atoms with Crippen LogP contribution >= 0.6 is 0 Å². The minimum Gasteiger partial charge on any atom is -0.423 e. The molecule has 3 rings (SSSR count). The Kier molecular flexibility index (Phi) is 3.44. The van der Waals surface area contributed by atoms with Gasteiger partial charge in [0.1, 0.15) is 0 Å². The first-order valence-electron chi connectivity index (χ1n) is 7.10. The lowest BCUT2D eigenvalue weighted by Gasteiger charge is -2.32. The van der Waals surface area contributed by atoms with Gasteiger partial charge in [0.05, 0.1) is 11.4 Å². The van der Waals surface area contributed by atoms with Gasteiger partial charge in [0, 0.05) is 24.4 Å². The van der Waals surface area contributed by atoms with E-state index in [-0.39, 0.29) is 23.7 Å². The Morgan fingerprint density at radius 1 is 1.36 bits per heavy atom. The number of ether oxygens (including phenoxy) is 1. The van der Waals surface area contributed by atoms with Gasteiger partial charge in [-0.3, -0.25) is 14.4 Å². The summed E-state index contributed by atoms with van der Waals surface area (Å²) in [5.74, 6) is 0.319. The predicted molar refractivity (Wildman–Crippen MR) is 81.0 cm³/mol. The van der Waals surface area contributed by atoms with E-state index in [1.54, 1.807) is 12.3 Å². The summed E-state index contributed by atoms with van der Waals surface area (Å²) in [4.78, 5) is 36.9. The molecule has 0 radical (unpaired) electrons. The molecule has 0 saturated carbocycles. The third-order valence-corrected chi connectivity index (χ3v) is 4.03. The SMILES string of the molecule is CC(C)C1Cc2cc(OC=O)c(=O)[nH]c2-c2cc(=O)ccn21. The Bertz CT molecular complexity index is 848. The standard InChI is InChI=1S/C16H16N2O4/c1-9(2)12-5-10-6-14(22-8-19)16(21)17-15(10)13-7-11(20)3-4-18(12)13/h3-4,6-9,12H,5H2,1-2H3,(H,17,21). The summed E-state index contributed by atoms with van der Waals surface area (Å²) in [7, 11) is 0. The van der Waals surface area contributed by atoms with Crippen LogP contribution in [0, 0.1) is 5.92 Å². The Balaban J connectivity index is 2.26. The zero-order chi connectivity index (χ0) is 15.9. The van der Waals surface area contributed by atoms with Crippen molar-refractivity contribution in [1.82, 2.24) is 9.55 Å².